The Morgan fingerprint density at radius 3 is 1.57 bits per heavy atom. The van der Waals surface area contributed by atoms with Crippen molar-refractivity contribution in [2.45, 2.75) is 27.7 Å². The molecule has 0 unspecified atom stereocenters. The first kappa shape index (κ1) is 19.4. The molecule has 3 aromatic carbocycles. The summed E-state index contributed by atoms with van der Waals surface area (Å²) < 4.78 is 27.3. The molecule has 3 aromatic rings. The van der Waals surface area contributed by atoms with Gasteiger partial charge in [-0.3, -0.25) is 0 Å². The van der Waals surface area contributed by atoms with Gasteiger partial charge in [-0.05, 0) is 75.2 Å². The van der Waals surface area contributed by atoms with E-state index in [9.17, 15) is 8.78 Å². The van der Waals surface area contributed by atoms with Gasteiger partial charge >= 0.3 is 0 Å². The van der Waals surface area contributed by atoms with E-state index in [4.69, 9.17) is 0 Å². The molecule has 0 amide bonds. The van der Waals surface area contributed by atoms with Crippen LogP contribution < -0.4 is 0 Å². The Balaban J connectivity index is 1.90. The van der Waals surface area contributed by atoms with Gasteiger partial charge in [0.2, 0.25) is 0 Å². The third-order valence-electron chi connectivity index (χ3n) is 4.55. The van der Waals surface area contributed by atoms with Gasteiger partial charge in [-0.1, -0.05) is 41.4 Å². The molecular formula is C26H20F2. The number of hydrogen-bond donors (Lipinski definition) is 0. The molecule has 0 radical (unpaired) electrons. The third kappa shape index (κ3) is 4.48. The van der Waals surface area contributed by atoms with Gasteiger partial charge in [0.15, 0.2) is 0 Å². The fourth-order valence-electron chi connectivity index (χ4n) is 2.87. The lowest BCUT2D eigenvalue weighted by atomic mass is 9.99. The predicted octanol–water partition coefficient (Wildman–Crippen LogP) is 6.00. The van der Waals surface area contributed by atoms with E-state index in [0.717, 1.165) is 27.8 Å². The van der Waals surface area contributed by atoms with Gasteiger partial charge in [-0.25, -0.2) is 8.78 Å². The van der Waals surface area contributed by atoms with Gasteiger partial charge in [-0.2, -0.15) is 0 Å². The molecule has 28 heavy (non-hydrogen) atoms. The number of hydrogen-bond acceptors (Lipinski definition) is 0. The smallest absolute Gasteiger partial charge is 0.130 e. The summed E-state index contributed by atoms with van der Waals surface area (Å²) in [6, 6.07) is 14.5. The summed E-state index contributed by atoms with van der Waals surface area (Å²) in [6.07, 6.45) is 0. The van der Waals surface area contributed by atoms with Crippen molar-refractivity contribution >= 4 is 0 Å². The lowest BCUT2D eigenvalue weighted by molar-refractivity contribution is 0.567. The van der Waals surface area contributed by atoms with Crippen molar-refractivity contribution in [3.05, 3.63) is 105 Å². The minimum absolute atomic E-state index is 0.00810. The molecule has 0 saturated heterocycles. The van der Waals surface area contributed by atoms with Crippen LogP contribution in [0.1, 0.15) is 44.5 Å². The van der Waals surface area contributed by atoms with Crippen molar-refractivity contribution in [1.82, 2.24) is 0 Å². The van der Waals surface area contributed by atoms with Gasteiger partial charge in [0.05, 0.1) is 0 Å². The largest absolute Gasteiger partial charge is 0.207 e. The van der Waals surface area contributed by atoms with Crippen LogP contribution in [-0.4, -0.2) is 0 Å². The lowest BCUT2D eigenvalue weighted by Crippen LogP contribution is -1.92. The Hall–Kier alpha value is -3.36. The van der Waals surface area contributed by atoms with E-state index in [-0.39, 0.29) is 5.56 Å². The molecule has 3 rings (SSSR count). The van der Waals surface area contributed by atoms with Crippen LogP contribution in [0.2, 0.25) is 0 Å². The van der Waals surface area contributed by atoms with Crippen molar-refractivity contribution in [3.8, 4) is 23.7 Å². The van der Waals surface area contributed by atoms with Gasteiger partial charge in [0.25, 0.3) is 0 Å². The zero-order valence-electron chi connectivity index (χ0n) is 16.4. The third-order valence-corrected chi connectivity index (χ3v) is 4.55. The summed E-state index contributed by atoms with van der Waals surface area (Å²) in [5, 5.41) is 0. The summed E-state index contributed by atoms with van der Waals surface area (Å²) in [6.45, 7) is 7.43. The van der Waals surface area contributed by atoms with Crippen LogP contribution in [0.25, 0.3) is 0 Å². The second-order valence-electron chi connectivity index (χ2n) is 6.92. The molecule has 0 nitrogen and oxygen atoms in total. The standard InChI is InChI=1S/C26H20F2/c1-17-5-7-21(8-6-17)11-12-24-18(2)13-22(14-19(24)3)9-10-23-15-25(27)20(4)26(28)16-23/h5-8,13-16H,1-4H3. The highest BCUT2D eigenvalue weighted by atomic mass is 19.1. The zero-order chi connectivity index (χ0) is 20.3. The highest BCUT2D eigenvalue weighted by Crippen LogP contribution is 2.17. The van der Waals surface area contributed by atoms with Gasteiger partial charge in [-0.15, -0.1) is 0 Å². The molecule has 0 fully saturated rings. The summed E-state index contributed by atoms with van der Waals surface area (Å²) in [4.78, 5) is 0. The fraction of sp³-hybridized carbons (Fsp3) is 0.154. The van der Waals surface area contributed by atoms with E-state index in [0.29, 0.717) is 5.56 Å². The SMILES string of the molecule is Cc1ccc(C#Cc2c(C)cc(C#Cc3cc(F)c(C)c(F)c3)cc2C)cc1. The molecule has 0 aromatic heterocycles. The molecule has 0 aliphatic carbocycles. The van der Waals surface area contributed by atoms with E-state index in [1.807, 2.05) is 57.2 Å². The highest BCUT2D eigenvalue weighted by Gasteiger charge is 2.06. The monoisotopic (exact) mass is 370 g/mol. The first-order chi connectivity index (χ1) is 13.3. The van der Waals surface area contributed by atoms with E-state index in [2.05, 4.69) is 23.7 Å². The van der Waals surface area contributed by atoms with Crippen molar-refractivity contribution in [2.24, 2.45) is 0 Å². The second-order valence-corrected chi connectivity index (χ2v) is 6.92. The summed E-state index contributed by atoms with van der Waals surface area (Å²) in [5.41, 5.74) is 6.30. The number of rotatable bonds is 0. The molecular weight excluding hydrogens is 350 g/mol. The molecule has 0 saturated carbocycles. The molecule has 0 atom stereocenters. The van der Waals surface area contributed by atoms with Crippen LogP contribution in [0.4, 0.5) is 8.78 Å². The quantitative estimate of drug-likeness (QED) is 0.426. The van der Waals surface area contributed by atoms with E-state index < -0.39 is 11.6 Å². The van der Waals surface area contributed by atoms with E-state index >= 15 is 0 Å². The van der Waals surface area contributed by atoms with Gasteiger partial charge < -0.3 is 0 Å². The van der Waals surface area contributed by atoms with Crippen LogP contribution in [0, 0.1) is 63.0 Å². The molecule has 0 aliphatic rings. The molecule has 0 N–H and O–H groups in total. The molecule has 0 heterocycles. The Labute approximate surface area is 165 Å². The molecule has 138 valence electrons. The number of benzene rings is 3. The Morgan fingerprint density at radius 2 is 1.04 bits per heavy atom. The lowest BCUT2D eigenvalue weighted by Gasteiger charge is -2.04. The van der Waals surface area contributed by atoms with Crippen LogP contribution >= 0.6 is 0 Å². The summed E-state index contributed by atoms with van der Waals surface area (Å²) in [5.74, 6) is 11.1. The average Bonchev–Trinajstić information content (AvgIpc) is 2.65. The van der Waals surface area contributed by atoms with Gasteiger partial charge in [0.1, 0.15) is 11.6 Å². The van der Waals surface area contributed by atoms with Crippen LogP contribution in [-0.2, 0) is 0 Å². The first-order valence-electron chi connectivity index (χ1n) is 9.01. The summed E-state index contributed by atoms with van der Waals surface area (Å²) in [7, 11) is 0. The molecule has 0 bridgehead atoms. The topological polar surface area (TPSA) is 0 Å². The fourth-order valence-corrected chi connectivity index (χ4v) is 2.87. The maximum absolute atomic E-state index is 13.7. The highest BCUT2D eigenvalue weighted by molar-refractivity contribution is 5.55. The zero-order valence-corrected chi connectivity index (χ0v) is 16.4. The van der Waals surface area contributed by atoms with E-state index in [1.165, 1.54) is 24.6 Å². The van der Waals surface area contributed by atoms with Crippen molar-refractivity contribution in [3.63, 3.8) is 0 Å². The van der Waals surface area contributed by atoms with Crippen molar-refractivity contribution < 1.29 is 8.78 Å². The molecule has 0 spiro atoms. The first-order valence-corrected chi connectivity index (χ1v) is 9.01. The number of aryl methyl sites for hydroxylation is 3. The van der Waals surface area contributed by atoms with Gasteiger partial charge in [0, 0.05) is 27.8 Å². The van der Waals surface area contributed by atoms with E-state index in [1.54, 1.807) is 0 Å². The minimum atomic E-state index is -0.585. The minimum Gasteiger partial charge on any atom is -0.207 e. The van der Waals surface area contributed by atoms with Crippen LogP contribution in [0.3, 0.4) is 0 Å². The maximum atomic E-state index is 13.7. The summed E-state index contributed by atoms with van der Waals surface area (Å²) >= 11 is 0. The maximum Gasteiger partial charge on any atom is 0.130 e. The van der Waals surface area contributed by atoms with Crippen molar-refractivity contribution in [1.29, 1.82) is 0 Å². The van der Waals surface area contributed by atoms with Crippen LogP contribution in [0.15, 0.2) is 48.5 Å². The Kier molecular flexibility index (Phi) is 5.62. The Bertz CT molecular complexity index is 1120. The number of halogens is 2. The predicted molar refractivity (Wildman–Crippen MR) is 110 cm³/mol. The normalized spacial score (nSPS) is 9.93. The Morgan fingerprint density at radius 1 is 0.571 bits per heavy atom. The average molecular weight is 370 g/mol. The van der Waals surface area contributed by atoms with Crippen molar-refractivity contribution in [2.75, 3.05) is 0 Å². The second kappa shape index (κ2) is 8.12. The molecule has 2 heteroatoms. The van der Waals surface area contributed by atoms with Crippen LogP contribution in [0.5, 0.6) is 0 Å². The molecule has 0 aliphatic heterocycles.